The van der Waals surface area contributed by atoms with E-state index in [4.69, 9.17) is 0 Å². The van der Waals surface area contributed by atoms with Crippen molar-refractivity contribution in [2.45, 2.75) is 32.2 Å². The topological polar surface area (TPSA) is 69.7 Å². The minimum Gasteiger partial charge on any atom is -0.332 e. The lowest BCUT2D eigenvalue weighted by atomic mass is 9.91. The molecule has 5 rings (SSSR count). The molecule has 1 aliphatic heterocycles. The highest BCUT2D eigenvalue weighted by molar-refractivity contribution is 7.17. The molecule has 1 atom stereocenters. The van der Waals surface area contributed by atoms with Crippen molar-refractivity contribution in [3.63, 3.8) is 0 Å². The van der Waals surface area contributed by atoms with Gasteiger partial charge in [-0.25, -0.2) is 0 Å². The molecule has 2 heterocycles. The zero-order valence-corrected chi connectivity index (χ0v) is 19.4. The van der Waals surface area contributed by atoms with Gasteiger partial charge in [0, 0.05) is 24.4 Å². The van der Waals surface area contributed by atoms with Gasteiger partial charge in [0.25, 0.3) is 5.91 Å². The minimum atomic E-state index is -0.310. The van der Waals surface area contributed by atoms with Gasteiger partial charge in [-0.15, -0.1) is 11.3 Å². The molecule has 0 saturated heterocycles. The van der Waals surface area contributed by atoms with Gasteiger partial charge in [0.05, 0.1) is 16.3 Å². The average Bonchev–Trinajstić information content (AvgIpc) is 3.19. The van der Waals surface area contributed by atoms with Crippen LogP contribution in [0.5, 0.6) is 0 Å². The van der Waals surface area contributed by atoms with E-state index in [-0.39, 0.29) is 36.7 Å². The molecule has 0 bridgehead atoms. The van der Waals surface area contributed by atoms with Crippen LogP contribution in [0.3, 0.4) is 0 Å². The van der Waals surface area contributed by atoms with Gasteiger partial charge in [-0.1, -0.05) is 36.4 Å². The average molecular weight is 460 g/mol. The van der Waals surface area contributed by atoms with Crippen molar-refractivity contribution >= 4 is 40.4 Å². The number of carbonyl (C=O) groups excluding carboxylic acids is 3. The quantitative estimate of drug-likeness (QED) is 0.633. The first-order chi connectivity index (χ1) is 15.9. The summed E-state index contributed by atoms with van der Waals surface area (Å²) in [6, 6.07) is 17.3. The number of rotatable bonds is 3. The molecule has 0 saturated carbocycles. The summed E-state index contributed by atoms with van der Waals surface area (Å²) in [5.74, 6) is -0.502. The molecule has 3 aromatic rings. The predicted molar refractivity (Wildman–Crippen MR) is 131 cm³/mol. The first-order valence-corrected chi connectivity index (χ1v) is 11.9. The second kappa shape index (κ2) is 8.48. The van der Waals surface area contributed by atoms with Gasteiger partial charge in [-0.3, -0.25) is 14.4 Å². The van der Waals surface area contributed by atoms with Crippen LogP contribution < -0.4 is 10.2 Å². The van der Waals surface area contributed by atoms with E-state index in [0.29, 0.717) is 16.3 Å². The van der Waals surface area contributed by atoms with Gasteiger partial charge >= 0.3 is 0 Å². The Hall–Kier alpha value is -3.45. The number of thiophene rings is 1. The molecule has 6 nitrogen and oxygen atoms in total. The van der Waals surface area contributed by atoms with Crippen molar-refractivity contribution in [2.24, 2.45) is 0 Å². The van der Waals surface area contributed by atoms with Crippen LogP contribution >= 0.6 is 11.3 Å². The van der Waals surface area contributed by atoms with E-state index in [9.17, 15) is 14.4 Å². The van der Waals surface area contributed by atoms with E-state index in [2.05, 4.69) is 17.4 Å². The SMILES string of the molecule is CC1CC(=O)Nc2ccccc2N1C(=O)CN(C)C(=O)c1cc2c(s1)-c1ccccc1CC2. The Bertz CT molecular complexity index is 1270. The van der Waals surface area contributed by atoms with Crippen LogP contribution in [-0.2, 0) is 22.4 Å². The molecule has 33 heavy (non-hydrogen) atoms. The monoisotopic (exact) mass is 459 g/mol. The number of hydrogen-bond acceptors (Lipinski definition) is 4. The fraction of sp³-hybridized carbons (Fsp3) is 0.269. The Morgan fingerprint density at radius 3 is 2.67 bits per heavy atom. The molecular weight excluding hydrogens is 434 g/mol. The summed E-state index contributed by atoms with van der Waals surface area (Å²) in [6.07, 6.45) is 2.10. The van der Waals surface area contributed by atoms with Gasteiger partial charge in [-0.05, 0) is 54.7 Å². The maximum Gasteiger partial charge on any atom is 0.264 e. The molecule has 1 unspecified atom stereocenters. The van der Waals surface area contributed by atoms with E-state index < -0.39 is 0 Å². The van der Waals surface area contributed by atoms with E-state index >= 15 is 0 Å². The lowest BCUT2D eigenvalue weighted by Crippen LogP contribution is -2.45. The Balaban J connectivity index is 1.37. The van der Waals surface area contributed by atoms with Crippen molar-refractivity contribution < 1.29 is 14.4 Å². The third-order valence-electron chi connectivity index (χ3n) is 6.29. The van der Waals surface area contributed by atoms with Crippen molar-refractivity contribution in [2.75, 3.05) is 23.8 Å². The van der Waals surface area contributed by atoms with Crippen molar-refractivity contribution in [1.29, 1.82) is 0 Å². The number of likely N-dealkylation sites (N-methyl/N-ethyl adjacent to an activating group) is 1. The normalized spacial score (nSPS) is 16.7. The molecule has 2 aliphatic rings. The maximum absolute atomic E-state index is 13.3. The van der Waals surface area contributed by atoms with Crippen LogP contribution in [0.25, 0.3) is 10.4 Å². The number of carbonyl (C=O) groups is 3. The molecule has 0 fully saturated rings. The molecule has 3 amide bonds. The number of para-hydroxylation sites is 2. The first-order valence-electron chi connectivity index (χ1n) is 11.1. The molecule has 7 heteroatoms. The Kier molecular flexibility index (Phi) is 5.50. The molecular formula is C26H25N3O3S. The Morgan fingerprint density at radius 2 is 1.82 bits per heavy atom. The third kappa shape index (κ3) is 3.93. The van der Waals surface area contributed by atoms with Crippen LogP contribution in [0.4, 0.5) is 11.4 Å². The number of benzene rings is 2. The first kappa shape index (κ1) is 21.4. The number of anilines is 2. The number of amides is 3. The van der Waals surface area contributed by atoms with Crippen LogP contribution in [0.2, 0.25) is 0 Å². The smallest absolute Gasteiger partial charge is 0.264 e. The number of hydrogen-bond donors (Lipinski definition) is 1. The van der Waals surface area contributed by atoms with Gasteiger partial charge in [0.1, 0.15) is 6.54 Å². The maximum atomic E-state index is 13.3. The zero-order valence-electron chi connectivity index (χ0n) is 18.6. The summed E-state index contributed by atoms with van der Waals surface area (Å²) in [5.41, 5.74) is 4.98. The van der Waals surface area contributed by atoms with E-state index in [1.807, 2.05) is 43.3 Å². The summed E-state index contributed by atoms with van der Waals surface area (Å²) in [6.45, 7) is 1.79. The van der Waals surface area contributed by atoms with Gasteiger partial charge in [0.15, 0.2) is 0 Å². The lowest BCUT2D eigenvalue weighted by molar-refractivity contribution is -0.119. The Morgan fingerprint density at radius 1 is 1.09 bits per heavy atom. The van der Waals surface area contributed by atoms with Gasteiger partial charge in [-0.2, -0.15) is 0 Å². The number of nitrogens with one attached hydrogen (secondary N) is 1. The fourth-order valence-corrected chi connectivity index (χ4v) is 5.95. The predicted octanol–water partition coefficient (Wildman–Crippen LogP) is 4.35. The lowest BCUT2D eigenvalue weighted by Gasteiger charge is -2.29. The highest BCUT2D eigenvalue weighted by atomic mass is 32.1. The number of aryl methyl sites for hydroxylation is 2. The molecule has 0 radical (unpaired) electrons. The van der Waals surface area contributed by atoms with Gasteiger partial charge < -0.3 is 15.1 Å². The molecule has 168 valence electrons. The summed E-state index contributed by atoms with van der Waals surface area (Å²) >= 11 is 1.50. The molecule has 0 spiro atoms. The number of nitrogens with zero attached hydrogens (tertiary/aromatic N) is 2. The zero-order chi connectivity index (χ0) is 23.1. The molecule has 1 aliphatic carbocycles. The second-order valence-corrected chi connectivity index (χ2v) is 9.72. The Labute approximate surface area is 196 Å². The van der Waals surface area contributed by atoms with Gasteiger partial charge in [0.2, 0.25) is 11.8 Å². The number of fused-ring (bicyclic) bond motifs is 4. The highest BCUT2D eigenvalue weighted by Crippen LogP contribution is 2.40. The van der Waals surface area contributed by atoms with E-state index in [1.165, 1.54) is 32.9 Å². The van der Waals surface area contributed by atoms with Crippen molar-refractivity contribution in [3.8, 4) is 10.4 Å². The highest BCUT2D eigenvalue weighted by Gasteiger charge is 2.31. The van der Waals surface area contributed by atoms with E-state index in [0.717, 1.165) is 17.7 Å². The van der Waals surface area contributed by atoms with Crippen LogP contribution in [0.1, 0.15) is 34.1 Å². The standard InChI is InChI=1S/C26H25N3O3S/c1-16-13-23(30)27-20-9-5-6-10-21(20)29(16)24(31)15-28(2)26(32)22-14-18-12-11-17-7-3-4-8-19(17)25(18)33-22/h3-10,14,16H,11-13,15H2,1-2H3,(H,27,30). The minimum absolute atomic E-state index is 0.0646. The largest absolute Gasteiger partial charge is 0.332 e. The third-order valence-corrected chi connectivity index (χ3v) is 7.49. The fourth-order valence-electron chi connectivity index (χ4n) is 4.68. The van der Waals surface area contributed by atoms with Crippen LogP contribution in [0, 0.1) is 0 Å². The van der Waals surface area contributed by atoms with Crippen molar-refractivity contribution in [1.82, 2.24) is 4.90 Å². The van der Waals surface area contributed by atoms with Crippen LogP contribution in [0.15, 0.2) is 54.6 Å². The summed E-state index contributed by atoms with van der Waals surface area (Å²) < 4.78 is 0. The summed E-state index contributed by atoms with van der Waals surface area (Å²) in [7, 11) is 1.66. The molecule has 1 aromatic heterocycles. The summed E-state index contributed by atoms with van der Waals surface area (Å²) in [4.78, 5) is 43.7. The summed E-state index contributed by atoms with van der Waals surface area (Å²) in [5, 5.41) is 2.86. The molecule has 1 N–H and O–H groups in total. The second-order valence-electron chi connectivity index (χ2n) is 8.67. The molecule has 2 aromatic carbocycles. The van der Waals surface area contributed by atoms with Crippen molar-refractivity contribution in [3.05, 3.63) is 70.6 Å². The van der Waals surface area contributed by atoms with Crippen LogP contribution in [-0.4, -0.2) is 42.3 Å². The van der Waals surface area contributed by atoms with E-state index in [1.54, 1.807) is 18.0 Å².